The summed E-state index contributed by atoms with van der Waals surface area (Å²) in [6.07, 6.45) is 3.88. The first-order chi connectivity index (χ1) is 11.4. The second kappa shape index (κ2) is 6.10. The third kappa shape index (κ3) is 2.79. The summed E-state index contributed by atoms with van der Waals surface area (Å²) in [6.45, 7) is 1.00. The van der Waals surface area contributed by atoms with Gasteiger partial charge in [-0.1, -0.05) is 12.5 Å². The highest BCUT2D eigenvalue weighted by molar-refractivity contribution is 5.90. The number of carbonyl (C=O) groups excluding carboxylic acids is 2. The molecule has 0 radical (unpaired) electrons. The number of nitrogens with one attached hydrogen (secondary N) is 1. The van der Waals surface area contributed by atoms with Crippen molar-refractivity contribution >= 4 is 17.9 Å². The number of urea groups is 1. The highest BCUT2D eigenvalue weighted by Gasteiger charge is 2.55. The lowest BCUT2D eigenvalue weighted by Crippen LogP contribution is -2.41. The number of primary amides is 1. The largest absolute Gasteiger partial charge is 0.481 e. The van der Waals surface area contributed by atoms with Gasteiger partial charge < -0.3 is 21.1 Å². The normalized spacial score (nSPS) is 25.3. The van der Waals surface area contributed by atoms with Crippen molar-refractivity contribution in [1.82, 2.24) is 15.2 Å². The molecule has 2 aliphatic rings. The van der Waals surface area contributed by atoms with Gasteiger partial charge in [-0.05, 0) is 30.4 Å². The lowest BCUT2D eigenvalue weighted by molar-refractivity contribution is -0.149. The molecule has 3 rings (SSSR count). The van der Waals surface area contributed by atoms with Crippen LogP contribution in [0.1, 0.15) is 35.3 Å². The second-order valence-electron chi connectivity index (χ2n) is 6.51. The average molecular weight is 332 g/mol. The molecule has 8 nitrogen and oxygen atoms in total. The fraction of sp³-hybridized carbons (Fsp3) is 0.500. The number of aliphatic carboxylic acids is 1. The first-order valence-corrected chi connectivity index (χ1v) is 7.93. The number of nitrogens with two attached hydrogens (primary N) is 1. The van der Waals surface area contributed by atoms with E-state index < -0.39 is 17.3 Å². The summed E-state index contributed by atoms with van der Waals surface area (Å²) in [5, 5.41) is 12.3. The molecule has 128 valence electrons. The molecule has 4 N–H and O–H groups in total. The van der Waals surface area contributed by atoms with Gasteiger partial charge in [0.25, 0.3) is 5.91 Å². The molecule has 1 aromatic rings. The minimum absolute atomic E-state index is 0.0391. The van der Waals surface area contributed by atoms with Crippen molar-refractivity contribution in [3.05, 3.63) is 29.6 Å². The van der Waals surface area contributed by atoms with Crippen LogP contribution in [0.15, 0.2) is 18.3 Å². The minimum Gasteiger partial charge on any atom is -0.481 e. The maximum atomic E-state index is 12.3. The van der Waals surface area contributed by atoms with Crippen LogP contribution < -0.4 is 11.1 Å². The molecule has 1 aliphatic carbocycles. The summed E-state index contributed by atoms with van der Waals surface area (Å²) >= 11 is 0. The van der Waals surface area contributed by atoms with Crippen LogP contribution in [-0.2, 0) is 11.3 Å². The summed E-state index contributed by atoms with van der Waals surface area (Å²) in [5.41, 5.74) is 5.25. The van der Waals surface area contributed by atoms with Crippen molar-refractivity contribution in [2.75, 3.05) is 13.1 Å². The Morgan fingerprint density at radius 3 is 2.79 bits per heavy atom. The van der Waals surface area contributed by atoms with Crippen LogP contribution in [0.4, 0.5) is 4.79 Å². The summed E-state index contributed by atoms with van der Waals surface area (Å²) in [5.74, 6) is -1.36. The summed E-state index contributed by atoms with van der Waals surface area (Å²) < 4.78 is 0. The van der Waals surface area contributed by atoms with E-state index in [-0.39, 0.29) is 30.7 Å². The standard InChI is InChI=1S/C16H20N4O4/c17-13(21)12-4-3-10(6-18-12)7-19-15(24)20-8-11-2-1-5-16(11,9-20)14(22)23/h3-4,6,11H,1-2,5,7-9H2,(H2,17,21)(H,19,24)(H,22,23)/t11-,16+/m0/s1. The molecule has 1 saturated carbocycles. The van der Waals surface area contributed by atoms with Crippen molar-refractivity contribution in [2.24, 2.45) is 17.1 Å². The molecular weight excluding hydrogens is 312 g/mol. The zero-order chi connectivity index (χ0) is 17.3. The first-order valence-electron chi connectivity index (χ1n) is 7.93. The fourth-order valence-corrected chi connectivity index (χ4v) is 3.76. The van der Waals surface area contributed by atoms with Gasteiger partial charge in [0, 0.05) is 25.8 Å². The maximum Gasteiger partial charge on any atom is 0.317 e. The second-order valence-corrected chi connectivity index (χ2v) is 6.51. The Kier molecular flexibility index (Phi) is 4.13. The van der Waals surface area contributed by atoms with Gasteiger partial charge in [0.2, 0.25) is 0 Å². The predicted molar refractivity (Wildman–Crippen MR) is 84.0 cm³/mol. The number of hydrogen-bond donors (Lipinski definition) is 3. The number of nitrogens with zero attached hydrogens (tertiary/aromatic N) is 2. The number of rotatable bonds is 4. The minimum atomic E-state index is -0.799. The molecule has 0 bridgehead atoms. The molecule has 0 aromatic carbocycles. The molecule has 24 heavy (non-hydrogen) atoms. The number of fused-ring (bicyclic) bond motifs is 1. The monoisotopic (exact) mass is 332 g/mol. The Labute approximate surface area is 139 Å². The zero-order valence-electron chi connectivity index (χ0n) is 13.2. The summed E-state index contributed by atoms with van der Waals surface area (Å²) in [7, 11) is 0. The Morgan fingerprint density at radius 1 is 1.42 bits per heavy atom. The molecule has 2 atom stereocenters. The van der Waals surface area contributed by atoms with Crippen LogP contribution in [0, 0.1) is 11.3 Å². The third-order valence-corrected chi connectivity index (χ3v) is 5.10. The van der Waals surface area contributed by atoms with Crippen molar-refractivity contribution in [1.29, 1.82) is 0 Å². The molecule has 0 spiro atoms. The molecular formula is C16H20N4O4. The van der Waals surface area contributed by atoms with E-state index in [1.54, 1.807) is 11.0 Å². The van der Waals surface area contributed by atoms with E-state index in [1.165, 1.54) is 12.3 Å². The fourth-order valence-electron chi connectivity index (χ4n) is 3.76. The van der Waals surface area contributed by atoms with E-state index in [9.17, 15) is 19.5 Å². The van der Waals surface area contributed by atoms with Gasteiger partial charge in [-0.25, -0.2) is 4.79 Å². The van der Waals surface area contributed by atoms with E-state index in [0.717, 1.165) is 18.4 Å². The smallest absolute Gasteiger partial charge is 0.317 e. The van der Waals surface area contributed by atoms with E-state index in [0.29, 0.717) is 13.0 Å². The lowest BCUT2D eigenvalue weighted by atomic mass is 9.81. The van der Waals surface area contributed by atoms with Gasteiger partial charge in [0.15, 0.2) is 0 Å². The Balaban J connectivity index is 1.58. The topological polar surface area (TPSA) is 126 Å². The predicted octanol–water partition coefficient (Wildman–Crippen LogP) is 0.577. The number of pyridine rings is 1. The van der Waals surface area contributed by atoms with Gasteiger partial charge in [0.1, 0.15) is 5.69 Å². The number of aromatic nitrogens is 1. The summed E-state index contributed by atoms with van der Waals surface area (Å²) in [6, 6.07) is 2.90. The van der Waals surface area contributed by atoms with Crippen molar-refractivity contribution in [2.45, 2.75) is 25.8 Å². The molecule has 8 heteroatoms. The SMILES string of the molecule is NC(=O)c1ccc(CNC(=O)N2C[C@@H]3CCC[C@@]3(C(=O)O)C2)cn1. The highest BCUT2D eigenvalue weighted by atomic mass is 16.4. The molecule has 3 amide bonds. The zero-order valence-corrected chi connectivity index (χ0v) is 13.2. The van der Waals surface area contributed by atoms with E-state index >= 15 is 0 Å². The molecule has 2 heterocycles. The molecule has 1 saturated heterocycles. The van der Waals surface area contributed by atoms with Crippen molar-refractivity contribution in [3.63, 3.8) is 0 Å². The van der Waals surface area contributed by atoms with Crippen molar-refractivity contribution in [3.8, 4) is 0 Å². The first kappa shape index (κ1) is 16.2. The van der Waals surface area contributed by atoms with Gasteiger partial charge in [0.05, 0.1) is 5.41 Å². The maximum absolute atomic E-state index is 12.3. The van der Waals surface area contributed by atoms with Crippen LogP contribution in [0.2, 0.25) is 0 Å². The van der Waals surface area contributed by atoms with Crippen LogP contribution in [0.3, 0.4) is 0 Å². The number of likely N-dealkylation sites (tertiary alicyclic amines) is 1. The molecule has 2 fully saturated rings. The van der Waals surface area contributed by atoms with Crippen LogP contribution >= 0.6 is 0 Å². The molecule has 1 aromatic heterocycles. The van der Waals surface area contributed by atoms with E-state index in [2.05, 4.69) is 10.3 Å². The number of carboxylic acid groups (broad SMARTS) is 1. The van der Waals surface area contributed by atoms with Crippen LogP contribution in [0.5, 0.6) is 0 Å². The average Bonchev–Trinajstić information content (AvgIpc) is 3.11. The quantitative estimate of drug-likeness (QED) is 0.743. The Morgan fingerprint density at radius 2 is 2.21 bits per heavy atom. The Bertz CT molecular complexity index is 675. The highest BCUT2D eigenvalue weighted by Crippen LogP contribution is 2.48. The van der Waals surface area contributed by atoms with Crippen LogP contribution in [-0.4, -0.2) is 46.0 Å². The van der Waals surface area contributed by atoms with Crippen molar-refractivity contribution < 1.29 is 19.5 Å². The van der Waals surface area contributed by atoms with Crippen LogP contribution in [0.25, 0.3) is 0 Å². The van der Waals surface area contributed by atoms with E-state index in [1.807, 2.05) is 0 Å². The third-order valence-electron chi connectivity index (χ3n) is 5.10. The lowest BCUT2D eigenvalue weighted by Gasteiger charge is -2.23. The number of carbonyl (C=O) groups is 3. The van der Waals surface area contributed by atoms with E-state index in [4.69, 9.17) is 5.73 Å². The molecule has 0 unspecified atom stereocenters. The van der Waals surface area contributed by atoms with Gasteiger partial charge in [-0.15, -0.1) is 0 Å². The number of amides is 3. The summed E-state index contributed by atoms with van der Waals surface area (Å²) in [4.78, 5) is 40.4. The Hall–Kier alpha value is -2.64. The molecule has 1 aliphatic heterocycles. The number of carboxylic acids is 1. The van der Waals surface area contributed by atoms with Gasteiger partial charge in [-0.3, -0.25) is 14.6 Å². The number of hydrogen-bond acceptors (Lipinski definition) is 4. The van der Waals surface area contributed by atoms with Gasteiger partial charge >= 0.3 is 12.0 Å². The van der Waals surface area contributed by atoms with Gasteiger partial charge in [-0.2, -0.15) is 0 Å².